The summed E-state index contributed by atoms with van der Waals surface area (Å²) in [5.41, 5.74) is 4.27. The summed E-state index contributed by atoms with van der Waals surface area (Å²) in [6, 6.07) is 4.59. The summed E-state index contributed by atoms with van der Waals surface area (Å²) in [6.45, 7) is 5.87. The fraction of sp³-hybridized carbons (Fsp3) is 0.619. The van der Waals surface area contributed by atoms with Crippen molar-refractivity contribution in [3.05, 3.63) is 29.5 Å². The number of aliphatic hydroxyl groups is 1. The standard InChI is InChI=1S/C21H29N3O2/c1-4-17(11-25)20(26)24-12-21(13-24)8-16(9-21)6-15-5-14(2)18-10-22-23(3)19(18)7-15/h5,7,10,16-17,25H,4,6,8-9,11-13H2,1-3H3/t17-/m1/s1. The van der Waals surface area contributed by atoms with Gasteiger partial charge in [0.15, 0.2) is 0 Å². The summed E-state index contributed by atoms with van der Waals surface area (Å²) < 4.78 is 1.95. The Labute approximate surface area is 155 Å². The Balaban J connectivity index is 1.34. The maximum absolute atomic E-state index is 12.3. The zero-order valence-electron chi connectivity index (χ0n) is 16.0. The summed E-state index contributed by atoms with van der Waals surface area (Å²) in [6.07, 6.45) is 6.22. The molecule has 2 aromatic rings. The first-order chi connectivity index (χ1) is 12.4. The number of rotatable bonds is 5. The van der Waals surface area contributed by atoms with Crippen LogP contribution >= 0.6 is 0 Å². The molecule has 1 aliphatic heterocycles. The van der Waals surface area contributed by atoms with E-state index in [0.717, 1.165) is 31.8 Å². The molecule has 1 saturated heterocycles. The van der Waals surface area contributed by atoms with Crippen LogP contribution in [0.4, 0.5) is 0 Å². The van der Waals surface area contributed by atoms with Crippen molar-refractivity contribution < 1.29 is 9.90 Å². The zero-order valence-corrected chi connectivity index (χ0v) is 16.0. The van der Waals surface area contributed by atoms with Gasteiger partial charge in [-0.15, -0.1) is 0 Å². The van der Waals surface area contributed by atoms with Crippen LogP contribution in [-0.4, -0.2) is 45.4 Å². The van der Waals surface area contributed by atoms with E-state index in [-0.39, 0.29) is 18.4 Å². The Morgan fingerprint density at radius 3 is 2.77 bits per heavy atom. The molecular formula is C21H29N3O2. The molecular weight excluding hydrogens is 326 g/mol. The molecule has 26 heavy (non-hydrogen) atoms. The Morgan fingerprint density at radius 1 is 1.38 bits per heavy atom. The van der Waals surface area contributed by atoms with Gasteiger partial charge in [-0.3, -0.25) is 9.48 Å². The smallest absolute Gasteiger partial charge is 0.228 e. The molecule has 1 atom stereocenters. The molecule has 1 saturated carbocycles. The first kappa shape index (κ1) is 17.5. The third-order valence-electron chi connectivity index (χ3n) is 6.53. The molecule has 2 heterocycles. The molecule has 1 aromatic carbocycles. The molecule has 1 aliphatic carbocycles. The highest BCUT2D eigenvalue weighted by atomic mass is 16.3. The van der Waals surface area contributed by atoms with Crippen LogP contribution in [0.15, 0.2) is 18.3 Å². The largest absolute Gasteiger partial charge is 0.396 e. The number of hydrogen-bond donors (Lipinski definition) is 1. The molecule has 2 aliphatic rings. The zero-order chi connectivity index (χ0) is 18.5. The minimum Gasteiger partial charge on any atom is -0.396 e. The lowest BCUT2D eigenvalue weighted by atomic mass is 9.56. The second kappa shape index (κ2) is 6.38. The molecule has 0 bridgehead atoms. The number of hydrogen-bond acceptors (Lipinski definition) is 3. The van der Waals surface area contributed by atoms with Gasteiger partial charge >= 0.3 is 0 Å². The lowest BCUT2D eigenvalue weighted by Gasteiger charge is -2.59. The Hall–Kier alpha value is -1.88. The number of carbonyl (C=O) groups excluding carboxylic acids is 1. The number of nitrogens with zero attached hydrogens (tertiary/aromatic N) is 3. The molecule has 4 rings (SSSR count). The van der Waals surface area contributed by atoms with E-state index in [4.69, 9.17) is 0 Å². The van der Waals surface area contributed by atoms with Crippen LogP contribution in [0.25, 0.3) is 10.9 Å². The molecule has 5 heteroatoms. The minimum absolute atomic E-state index is 0.0305. The van der Waals surface area contributed by atoms with Crippen molar-refractivity contribution in [3.8, 4) is 0 Å². The van der Waals surface area contributed by atoms with Gasteiger partial charge in [0, 0.05) is 30.9 Å². The summed E-state index contributed by atoms with van der Waals surface area (Å²) in [4.78, 5) is 14.3. The van der Waals surface area contributed by atoms with Gasteiger partial charge in [0.25, 0.3) is 0 Å². The summed E-state index contributed by atoms with van der Waals surface area (Å²) in [7, 11) is 2.00. The molecule has 1 aromatic heterocycles. The average molecular weight is 355 g/mol. The van der Waals surface area contributed by atoms with Crippen LogP contribution in [0, 0.1) is 24.2 Å². The highest BCUT2D eigenvalue weighted by Crippen LogP contribution is 2.53. The molecule has 0 unspecified atom stereocenters. The van der Waals surface area contributed by atoms with Gasteiger partial charge < -0.3 is 10.0 Å². The van der Waals surface area contributed by atoms with Crippen molar-refractivity contribution in [2.75, 3.05) is 19.7 Å². The highest BCUT2D eigenvalue weighted by molar-refractivity contribution is 5.83. The van der Waals surface area contributed by atoms with Crippen LogP contribution in [0.5, 0.6) is 0 Å². The molecule has 1 N–H and O–H groups in total. The van der Waals surface area contributed by atoms with Gasteiger partial charge in [-0.25, -0.2) is 0 Å². The van der Waals surface area contributed by atoms with E-state index in [0.29, 0.717) is 5.41 Å². The van der Waals surface area contributed by atoms with Crippen LogP contribution < -0.4 is 0 Å². The van der Waals surface area contributed by atoms with E-state index in [9.17, 15) is 9.90 Å². The van der Waals surface area contributed by atoms with Gasteiger partial charge in [-0.2, -0.15) is 5.10 Å². The minimum atomic E-state index is -0.211. The number of fused-ring (bicyclic) bond motifs is 1. The van der Waals surface area contributed by atoms with Gasteiger partial charge in [0.05, 0.1) is 24.2 Å². The number of aliphatic hydroxyl groups excluding tert-OH is 1. The van der Waals surface area contributed by atoms with E-state index in [1.54, 1.807) is 0 Å². The van der Waals surface area contributed by atoms with E-state index < -0.39 is 0 Å². The van der Waals surface area contributed by atoms with Gasteiger partial charge in [0.2, 0.25) is 5.91 Å². The van der Waals surface area contributed by atoms with Crippen molar-refractivity contribution in [2.24, 2.45) is 24.3 Å². The molecule has 140 valence electrons. The van der Waals surface area contributed by atoms with Gasteiger partial charge in [-0.05, 0) is 55.7 Å². The van der Waals surface area contributed by atoms with Crippen molar-refractivity contribution >= 4 is 16.8 Å². The van der Waals surface area contributed by atoms with Crippen LogP contribution in [0.3, 0.4) is 0 Å². The first-order valence-corrected chi connectivity index (χ1v) is 9.75. The first-order valence-electron chi connectivity index (χ1n) is 9.75. The molecule has 1 spiro atoms. The maximum Gasteiger partial charge on any atom is 0.228 e. The predicted octanol–water partition coefficient (Wildman–Crippen LogP) is 2.68. The Kier molecular flexibility index (Phi) is 4.30. The van der Waals surface area contributed by atoms with Crippen LogP contribution in [0.1, 0.15) is 37.3 Å². The quantitative estimate of drug-likeness (QED) is 0.897. The van der Waals surface area contributed by atoms with Crippen molar-refractivity contribution in [1.29, 1.82) is 0 Å². The van der Waals surface area contributed by atoms with E-state index in [1.807, 2.05) is 29.7 Å². The fourth-order valence-corrected chi connectivity index (χ4v) is 5.07. The van der Waals surface area contributed by atoms with E-state index >= 15 is 0 Å². The number of benzene rings is 1. The maximum atomic E-state index is 12.3. The highest BCUT2D eigenvalue weighted by Gasteiger charge is 2.53. The number of aromatic nitrogens is 2. The number of amides is 1. The van der Waals surface area contributed by atoms with Gasteiger partial charge in [0.1, 0.15) is 0 Å². The summed E-state index contributed by atoms with van der Waals surface area (Å²) >= 11 is 0. The SMILES string of the molecule is CC[C@H](CO)C(=O)N1CC2(CC(Cc3cc(C)c4cnn(C)c4c3)C2)C1. The lowest BCUT2D eigenvalue weighted by molar-refractivity contribution is -0.160. The number of likely N-dealkylation sites (tertiary alicyclic amines) is 1. The topological polar surface area (TPSA) is 58.4 Å². The third-order valence-corrected chi connectivity index (χ3v) is 6.53. The lowest BCUT2D eigenvalue weighted by Crippen LogP contribution is -2.64. The monoisotopic (exact) mass is 355 g/mol. The fourth-order valence-electron chi connectivity index (χ4n) is 5.07. The summed E-state index contributed by atoms with van der Waals surface area (Å²) in [5, 5.41) is 14.9. The number of aryl methyl sites for hydroxylation is 2. The second-order valence-electron chi connectivity index (χ2n) is 8.57. The molecule has 0 radical (unpaired) electrons. The van der Waals surface area contributed by atoms with E-state index in [1.165, 1.54) is 34.9 Å². The van der Waals surface area contributed by atoms with Gasteiger partial charge in [-0.1, -0.05) is 13.0 Å². The second-order valence-corrected chi connectivity index (χ2v) is 8.57. The predicted molar refractivity (Wildman–Crippen MR) is 102 cm³/mol. The third kappa shape index (κ3) is 2.82. The average Bonchev–Trinajstić information content (AvgIpc) is 2.91. The molecule has 5 nitrogen and oxygen atoms in total. The summed E-state index contributed by atoms with van der Waals surface area (Å²) in [5.74, 6) is 0.648. The van der Waals surface area contributed by atoms with Crippen molar-refractivity contribution in [1.82, 2.24) is 14.7 Å². The van der Waals surface area contributed by atoms with Crippen LogP contribution in [-0.2, 0) is 18.3 Å². The number of carbonyl (C=O) groups is 1. The van der Waals surface area contributed by atoms with Crippen molar-refractivity contribution in [3.63, 3.8) is 0 Å². The Bertz CT molecular complexity index is 823. The van der Waals surface area contributed by atoms with Crippen molar-refractivity contribution in [2.45, 2.75) is 39.5 Å². The van der Waals surface area contributed by atoms with E-state index in [2.05, 4.69) is 24.2 Å². The van der Waals surface area contributed by atoms with Crippen LogP contribution in [0.2, 0.25) is 0 Å². The molecule has 2 fully saturated rings. The normalized spacial score (nSPS) is 20.2. The molecule has 1 amide bonds. The Morgan fingerprint density at radius 2 is 2.12 bits per heavy atom.